The minimum absolute atomic E-state index is 0.0993. The Hall–Kier alpha value is -2.18. The van der Waals surface area contributed by atoms with Gasteiger partial charge in [-0.05, 0) is 32.9 Å². The topological polar surface area (TPSA) is 69.6 Å². The number of hydrogen-bond acceptors (Lipinski definition) is 2. The van der Waals surface area contributed by atoms with Crippen LogP contribution in [-0.2, 0) is 4.79 Å². The summed E-state index contributed by atoms with van der Waals surface area (Å²) < 4.78 is 26.5. The Morgan fingerprint density at radius 1 is 1.35 bits per heavy atom. The van der Waals surface area contributed by atoms with Crippen molar-refractivity contribution in [2.75, 3.05) is 11.9 Å². The van der Waals surface area contributed by atoms with E-state index in [9.17, 15) is 18.4 Å². The van der Waals surface area contributed by atoms with Gasteiger partial charge in [0, 0.05) is 12.6 Å². The molecule has 0 aromatic heterocycles. The number of nitrogens with zero attached hydrogens (tertiary/aromatic N) is 1. The van der Waals surface area contributed by atoms with Gasteiger partial charge in [0.25, 0.3) is 0 Å². The number of aliphatic carboxylic acids is 1. The Morgan fingerprint density at radius 2 is 1.95 bits per heavy atom. The number of likely N-dealkylation sites (N-methyl/N-ethyl adjacent to an activating group) is 1. The summed E-state index contributed by atoms with van der Waals surface area (Å²) in [6, 6.07) is 1.81. The zero-order chi connectivity index (χ0) is 15.5. The number of carboxylic acids is 1. The number of anilines is 1. The number of amides is 2. The molecule has 1 aromatic rings. The van der Waals surface area contributed by atoms with Gasteiger partial charge in [-0.25, -0.2) is 18.4 Å². The number of halogens is 2. The number of hydrogen-bond donors (Lipinski definition) is 2. The molecule has 7 heteroatoms. The van der Waals surface area contributed by atoms with Crippen LogP contribution in [0.2, 0.25) is 0 Å². The lowest BCUT2D eigenvalue weighted by Crippen LogP contribution is -2.54. The monoisotopic (exact) mass is 286 g/mol. The quantitative estimate of drug-likeness (QED) is 0.894. The molecule has 2 N–H and O–H groups in total. The fraction of sp³-hybridized carbons (Fsp3) is 0.385. The molecule has 0 saturated heterocycles. The second-order valence-corrected chi connectivity index (χ2v) is 4.66. The molecular formula is C13H16F2N2O3. The van der Waals surface area contributed by atoms with Crippen LogP contribution in [0.15, 0.2) is 18.2 Å². The largest absolute Gasteiger partial charge is 0.480 e. The highest BCUT2D eigenvalue weighted by molar-refractivity contribution is 5.93. The molecule has 0 aliphatic carbocycles. The van der Waals surface area contributed by atoms with E-state index in [2.05, 4.69) is 5.32 Å². The molecule has 0 radical (unpaired) electrons. The number of carboxylic acid groups (broad SMARTS) is 1. The summed E-state index contributed by atoms with van der Waals surface area (Å²) in [5.74, 6) is -2.71. The molecule has 110 valence electrons. The Morgan fingerprint density at radius 3 is 2.45 bits per heavy atom. The lowest BCUT2D eigenvalue weighted by atomic mass is 10.0. The van der Waals surface area contributed by atoms with Gasteiger partial charge in [-0.1, -0.05) is 0 Å². The number of nitrogens with one attached hydrogen (secondary N) is 1. The molecule has 1 aromatic carbocycles. The van der Waals surface area contributed by atoms with Crippen LogP contribution in [0.25, 0.3) is 0 Å². The number of benzene rings is 1. The van der Waals surface area contributed by atoms with Gasteiger partial charge in [0.1, 0.15) is 17.2 Å². The molecule has 1 rings (SSSR count). The Kier molecular flexibility index (Phi) is 4.65. The van der Waals surface area contributed by atoms with Crippen LogP contribution in [0, 0.1) is 11.6 Å². The summed E-state index contributed by atoms with van der Waals surface area (Å²) in [6.07, 6.45) is 0. The summed E-state index contributed by atoms with van der Waals surface area (Å²) in [5, 5.41) is 11.3. The third-order valence-electron chi connectivity index (χ3n) is 2.93. The molecule has 0 bridgehead atoms. The Labute approximate surface area is 115 Å². The Balaban J connectivity index is 2.99. The highest BCUT2D eigenvalue weighted by Crippen LogP contribution is 2.19. The molecule has 0 fully saturated rings. The lowest BCUT2D eigenvalue weighted by molar-refractivity contribution is -0.147. The van der Waals surface area contributed by atoms with E-state index in [0.29, 0.717) is 0 Å². The third-order valence-corrected chi connectivity index (χ3v) is 2.93. The van der Waals surface area contributed by atoms with Crippen LogP contribution in [0.5, 0.6) is 0 Å². The van der Waals surface area contributed by atoms with Gasteiger partial charge in [-0.15, -0.1) is 0 Å². The number of rotatable bonds is 4. The van der Waals surface area contributed by atoms with Gasteiger partial charge in [0.05, 0.1) is 5.69 Å². The molecular weight excluding hydrogens is 270 g/mol. The zero-order valence-corrected chi connectivity index (χ0v) is 11.4. The normalized spacial score (nSPS) is 11.1. The van der Waals surface area contributed by atoms with Gasteiger partial charge >= 0.3 is 12.0 Å². The summed E-state index contributed by atoms with van der Waals surface area (Å²) in [5.41, 5.74) is -1.81. The molecule has 0 saturated carbocycles. The minimum Gasteiger partial charge on any atom is -0.480 e. The van der Waals surface area contributed by atoms with Gasteiger partial charge in [-0.2, -0.15) is 0 Å². The van der Waals surface area contributed by atoms with Crippen molar-refractivity contribution < 1.29 is 23.5 Å². The van der Waals surface area contributed by atoms with Gasteiger partial charge in [-0.3, -0.25) is 0 Å². The molecule has 20 heavy (non-hydrogen) atoms. The molecule has 0 unspecified atom stereocenters. The number of urea groups is 1. The van der Waals surface area contributed by atoms with Crippen LogP contribution in [0.3, 0.4) is 0 Å². The molecule has 0 atom stereocenters. The highest BCUT2D eigenvalue weighted by Gasteiger charge is 2.37. The lowest BCUT2D eigenvalue weighted by Gasteiger charge is -2.34. The first-order valence-electron chi connectivity index (χ1n) is 5.97. The van der Waals surface area contributed by atoms with Gasteiger partial charge in [0.2, 0.25) is 0 Å². The van der Waals surface area contributed by atoms with Crippen LogP contribution in [-0.4, -0.2) is 34.1 Å². The van der Waals surface area contributed by atoms with E-state index in [1.54, 1.807) is 6.92 Å². The fourth-order valence-corrected chi connectivity index (χ4v) is 1.68. The average molecular weight is 286 g/mol. The van der Waals surface area contributed by atoms with Crippen molar-refractivity contribution in [1.29, 1.82) is 0 Å². The maximum Gasteiger partial charge on any atom is 0.329 e. The van der Waals surface area contributed by atoms with Crippen molar-refractivity contribution in [3.63, 3.8) is 0 Å². The van der Waals surface area contributed by atoms with Gasteiger partial charge in [0.15, 0.2) is 0 Å². The smallest absolute Gasteiger partial charge is 0.329 e. The second kappa shape index (κ2) is 5.85. The van der Waals surface area contributed by atoms with E-state index in [1.165, 1.54) is 13.8 Å². The molecule has 0 spiro atoms. The van der Waals surface area contributed by atoms with E-state index in [4.69, 9.17) is 5.11 Å². The van der Waals surface area contributed by atoms with Crippen molar-refractivity contribution in [1.82, 2.24) is 4.90 Å². The van der Waals surface area contributed by atoms with E-state index in [0.717, 1.165) is 23.1 Å². The third kappa shape index (κ3) is 3.23. The van der Waals surface area contributed by atoms with E-state index >= 15 is 0 Å². The SMILES string of the molecule is CCN(C(=O)Nc1cc(F)ccc1F)C(C)(C)C(=O)O. The predicted octanol–water partition coefficient (Wildman–Crippen LogP) is 2.68. The second-order valence-electron chi connectivity index (χ2n) is 4.66. The van der Waals surface area contributed by atoms with Crippen LogP contribution >= 0.6 is 0 Å². The van der Waals surface area contributed by atoms with E-state index in [1.807, 2.05) is 0 Å². The van der Waals surface area contributed by atoms with Crippen molar-refractivity contribution in [3.05, 3.63) is 29.8 Å². The van der Waals surface area contributed by atoms with Crippen molar-refractivity contribution in [3.8, 4) is 0 Å². The van der Waals surface area contributed by atoms with E-state index < -0.39 is 29.2 Å². The van der Waals surface area contributed by atoms with Crippen molar-refractivity contribution in [2.45, 2.75) is 26.3 Å². The minimum atomic E-state index is -1.47. The number of carbonyl (C=O) groups excluding carboxylic acids is 1. The van der Waals surface area contributed by atoms with E-state index in [-0.39, 0.29) is 12.2 Å². The first-order chi connectivity index (χ1) is 9.20. The first-order valence-corrected chi connectivity index (χ1v) is 5.97. The maximum atomic E-state index is 13.4. The fourth-order valence-electron chi connectivity index (χ4n) is 1.68. The van der Waals surface area contributed by atoms with Crippen LogP contribution in [0.4, 0.5) is 19.3 Å². The standard InChI is InChI=1S/C13H16F2N2O3/c1-4-17(13(2,3)11(18)19)12(20)16-10-7-8(14)5-6-9(10)15/h5-7H,4H2,1-3H3,(H,16,20)(H,18,19). The molecule has 0 heterocycles. The van der Waals surface area contributed by atoms with Gasteiger partial charge < -0.3 is 15.3 Å². The Bertz CT molecular complexity index is 532. The van der Waals surface area contributed by atoms with Crippen molar-refractivity contribution in [2.24, 2.45) is 0 Å². The molecule has 5 nitrogen and oxygen atoms in total. The molecule has 0 aliphatic heterocycles. The number of carbonyl (C=O) groups is 2. The summed E-state index contributed by atoms with van der Waals surface area (Å²) in [6.45, 7) is 4.38. The summed E-state index contributed by atoms with van der Waals surface area (Å²) in [4.78, 5) is 24.2. The highest BCUT2D eigenvalue weighted by atomic mass is 19.1. The van der Waals surface area contributed by atoms with Crippen LogP contribution in [0.1, 0.15) is 20.8 Å². The maximum absolute atomic E-state index is 13.4. The molecule has 2 amide bonds. The predicted molar refractivity (Wildman–Crippen MR) is 69.5 cm³/mol. The van der Waals surface area contributed by atoms with Crippen LogP contribution < -0.4 is 5.32 Å². The van der Waals surface area contributed by atoms with Crippen molar-refractivity contribution >= 4 is 17.7 Å². The average Bonchev–Trinajstić information content (AvgIpc) is 2.34. The first kappa shape index (κ1) is 15.9. The summed E-state index contributed by atoms with van der Waals surface area (Å²) >= 11 is 0. The zero-order valence-electron chi connectivity index (χ0n) is 11.4. The summed E-state index contributed by atoms with van der Waals surface area (Å²) in [7, 11) is 0. The molecule has 0 aliphatic rings.